The van der Waals surface area contributed by atoms with Crippen LogP contribution in [-0.2, 0) is 19.5 Å². The normalized spacial score (nSPS) is 11.5. The van der Waals surface area contributed by atoms with Crippen molar-refractivity contribution in [3.63, 3.8) is 0 Å². The number of unbranched alkanes of at least 4 members (excludes halogenated alkanes) is 22. The molecular formula is C34H67N2+. The Morgan fingerprint density at radius 3 is 1.28 bits per heavy atom. The van der Waals surface area contributed by atoms with Crippen LogP contribution in [0.3, 0.4) is 0 Å². The van der Waals surface area contributed by atoms with Crippen molar-refractivity contribution in [1.82, 2.24) is 4.57 Å². The molecule has 0 N–H and O–H groups in total. The lowest BCUT2D eigenvalue weighted by Crippen LogP contribution is -2.37. The van der Waals surface area contributed by atoms with Crippen LogP contribution in [0.4, 0.5) is 0 Å². The molecular weight excluding hydrogens is 436 g/mol. The van der Waals surface area contributed by atoms with E-state index in [-0.39, 0.29) is 0 Å². The molecule has 0 aliphatic heterocycles. The number of aromatic nitrogens is 2. The highest BCUT2D eigenvalue weighted by molar-refractivity contribution is 4.84. The third-order valence-corrected chi connectivity index (χ3v) is 8.07. The van der Waals surface area contributed by atoms with E-state index in [1.165, 1.54) is 180 Å². The van der Waals surface area contributed by atoms with Crippen molar-refractivity contribution < 1.29 is 4.57 Å². The lowest BCUT2D eigenvalue weighted by molar-refractivity contribution is -0.704. The Bertz CT molecular complexity index is 562. The zero-order valence-electron chi connectivity index (χ0n) is 25.3. The summed E-state index contributed by atoms with van der Waals surface area (Å²) in [6.45, 7) is 9.38. The highest BCUT2D eigenvalue weighted by Crippen LogP contribution is 2.14. The highest BCUT2D eigenvalue weighted by Gasteiger charge is 2.15. The van der Waals surface area contributed by atoms with E-state index >= 15 is 0 Å². The molecule has 1 aromatic rings. The molecule has 0 unspecified atom stereocenters. The zero-order valence-corrected chi connectivity index (χ0v) is 25.3. The van der Waals surface area contributed by atoms with E-state index < -0.39 is 0 Å². The molecule has 0 aromatic carbocycles. The first kappa shape index (κ1) is 33.2. The van der Waals surface area contributed by atoms with Crippen LogP contribution in [0.25, 0.3) is 0 Å². The molecule has 0 spiro atoms. The summed E-state index contributed by atoms with van der Waals surface area (Å²) in [6, 6.07) is 0. The number of hydrogen-bond donors (Lipinski definition) is 0. The van der Waals surface area contributed by atoms with Crippen LogP contribution in [-0.4, -0.2) is 4.57 Å². The maximum atomic E-state index is 2.57. The predicted octanol–water partition coefficient (Wildman–Crippen LogP) is 11.1. The minimum atomic E-state index is 1.22. The largest absolute Gasteiger partial charge is 0.256 e. The Hall–Kier alpha value is -0.790. The molecule has 0 saturated carbocycles. The fourth-order valence-corrected chi connectivity index (χ4v) is 5.66. The smallest absolute Gasteiger partial charge is 0.234 e. The molecule has 1 rings (SSSR count). The van der Waals surface area contributed by atoms with Crippen molar-refractivity contribution in [3.05, 3.63) is 18.2 Å². The van der Waals surface area contributed by atoms with Gasteiger partial charge in [-0.1, -0.05) is 149 Å². The number of rotatable bonds is 28. The van der Waals surface area contributed by atoms with Crippen molar-refractivity contribution >= 4 is 0 Å². The number of nitrogens with zero attached hydrogens (tertiary/aromatic N) is 2. The maximum absolute atomic E-state index is 2.57. The molecule has 0 amide bonds. The first-order valence-electron chi connectivity index (χ1n) is 16.9. The van der Waals surface area contributed by atoms with Gasteiger partial charge in [0.1, 0.15) is 12.4 Å². The van der Waals surface area contributed by atoms with E-state index in [2.05, 4.69) is 42.3 Å². The SMILES string of the molecule is CCCCCCCCCCCCCCCCCn1cc[n+](CCCCCCCCCCC)c1CCC. The summed E-state index contributed by atoms with van der Waals surface area (Å²) >= 11 is 0. The summed E-state index contributed by atoms with van der Waals surface area (Å²) in [5.41, 5.74) is 0. The second-order valence-corrected chi connectivity index (χ2v) is 11.6. The summed E-state index contributed by atoms with van der Waals surface area (Å²) in [5.74, 6) is 1.57. The van der Waals surface area contributed by atoms with Crippen molar-refractivity contribution in [2.75, 3.05) is 0 Å². The second-order valence-electron chi connectivity index (χ2n) is 11.6. The van der Waals surface area contributed by atoms with Crippen molar-refractivity contribution in [2.24, 2.45) is 0 Å². The van der Waals surface area contributed by atoms with E-state index in [4.69, 9.17) is 0 Å². The van der Waals surface area contributed by atoms with Gasteiger partial charge in [-0.25, -0.2) is 9.13 Å². The molecule has 0 radical (unpaired) electrons. The van der Waals surface area contributed by atoms with E-state index in [0.717, 1.165) is 0 Å². The summed E-state index contributed by atoms with van der Waals surface area (Å²) in [6.07, 6.45) is 41.6. The molecule has 0 saturated heterocycles. The highest BCUT2D eigenvalue weighted by atomic mass is 15.1. The van der Waals surface area contributed by atoms with Crippen molar-refractivity contribution in [3.8, 4) is 0 Å². The van der Waals surface area contributed by atoms with Gasteiger partial charge in [-0.3, -0.25) is 0 Å². The molecule has 36 heavy (non-hydrogen) atoms. The van der Waals surface area contributed by atoms with Crippen LogP contribution in [0, 0.1) is 0 Å². The Morgan fingerprint density at radius 2 is 0.861 bits per heavy atom. The molecule has 0 fully saturated rings. The second kappa shape index (κ2) is 25.8. The standard InChI is InChI=1S/C34H67N2/c1-4-7-9-11-13-15-16-17-18-19-20-22-24-26-28-31-36-33-32-35(34(36)29-6-3)30-27-25-23-21-14-12-10-8-5-2/h32-33H,4-31H2,1-3H3/q+1. The van der Waals surface area contributed by atoms with Gasteiger partial charge in [0.25, 0.3) is 5.82 Å². The van der Waals surface area contributed by atoms with E-state index in [1.807, 2.05) is 0 Å². The van der Waals surface area contributed by atoms with E-state index in [9.17, 15) is 0 Å². The van der Waals surface area contributed by atoms with Gasteiger partial charge in [-0.05, 0) is 32.1 Å². The number of aryl methyl sites for hydroxylation is 2. The summed E-state index contributed by atoms with van der Waals surface area (Å²) in [7, 11) is 0. The van der Waals surface area contributed by atoms with Gasteiger partial charge in [0.2, 0.25) is 0 Å². The Kier molecular flexibility index (Phi) is 23.9. The summed E-state index contributed by atoms with van der Waals surface area (Å²) in [5, 5.41) is 0. The van der Waals surface area contributed by atoms with Crippen LogP contribution < -0.4 is 4.57 Å². The molecule has 0 aliphatic rings. The Morgan fingerprint density at radius 1 is 0.472 bits per heavy atom. The minimum absolute atomic E-state index is 1.22. The van der Waals surface area contributed by atoms with Gasteiger partial charge in [0.05, 0.1) is 13.1 Å². The summed E-state index contributed by atoms with van der Waals surface area (Å²) in [4.78, 5) is 0. The lowest BCUT2D eigenvalue weighted by Gasteiger charge is -2.06. The van der Waals surface area contributed by atoms with Gasteiger partial charge in [0, 0.05) is 6.42 Å². The molecule has 0 atom stereocenters. The van der Waals surface area contributed by atoms with E-state index in [1.54, 1.807) is 5.82 Å². The molecule has 1 aromatic heterocycles. The lowest BCUT2D eigenvalue weighted by atomic mass is 10.0. The van der Waals surface area contributed by atoms with Crippen LogP contribution in [0.2, 0.25) is 0 Å². The molecule has 1 heterocycles. The number of imidazole rings is 1. The third kappa shape index (κ3) is 18.5. The zero-order chi connectivity index (χ0) is 25.9. The monoisotopic (exact) mass is 504 g/mol. The van der Waals surface area contributed by atoms with Gasteiger partial charge in [-0.15, -0.1) is 0 Å². The molecule has 0 aliphatic carbocycles. The summed E-state index contributed by atoms with van der Waals surface area (Å²) < 4.78 is 5.13. The third-order valence-electron chi connectivity index (χ3n) is 8.07. The predicted molar refractivity (Wildman–Crippen MR) is 161 cm³/mol. The van der Waals surface area contributed by atoms with Gasteiger partial charge < -0.3 is 0 Å². The average Bonchev–Trinajstić information content (AvgIpc) is 3.26. The van der Waals surface area contributed by atoms with Gasteiger partial charge in [-0.2, -0.15) is 0 Å². The van der Waals surface area contributed by atoms with Gasteiger partial charge in [0.15, 0.2) is 0 Å². The molecule has 0 bridgehead atoms. The quantitative estimate of drug-likeness (QED) is 0.0794. The van der Waals surface area contributed by atoms with E-state index in [0.29, 0.717) is 0 Å². The maximum Gasteiger partial charge on any atom is 0.256 e. The van der Waals surface area contributed by atoms with Gasteiger partial charge >= 0.3 is 0 Å². The molecule has 212 valence electrons. The first-order chi connectivity index (χ1) is 17.8. The van der Waals surface area contributed by atoms with Crippen LogP contribution in [0.15, 0.2) is 12.4 Å². The van der Waals surface area contributed by atoms with Crippen molar-refractivity contribution in [1.29, 1.82) is 0 Å². The fraction of sp³-hybridized carbons (Fsp3) is 0.912. The van der Waals surface area contributed by atoms with Crippen LogP contribution in [0.1, 0.15) is 187 Å². The number of hydrogen-bond acceptors (Lipinski definition) is 0. The molecule has 2 nitrogen and oxygen atoms in total. The topological polar surface area (TPSA) is 8.81 Å². The van der Waals surface area contributed by atoms with Crippen LogP contribution >= 0.6 is 0 Å². The average molecular weight is 504 g/mol. The first-order valence-corrected chi connectivity index (χ1v) is 16.9. The molecule has 2 heteroatoms. The Balaban J connectivity index is 2.03. The van der Waals surface area contributed by atoms with Crippen LogP contribution in [0.5, 0.6) is 0 Å². The Labute approximate surface area is 228 Å². The van der Waals surface area contributed by atoms with Crippen molar-refractivity contribution in [2.45, 2.75) is 201 Å². The minimum Gasteiger partial charge on any atom is -0.234 e. The fourth-order valence-electron chi connectivity index (χ4n) is 5.66.